The first kappa shape index (κ1) is 22.7. The number of amidine groups is 1. The maximum absolute atomic E-state index is 11.8. The molecule has 1 aliphatic rings. The second-order valence-electron chi connectivity index (χ2n) is 6.63. The Morgan fingerprint density at radius 1 is 0.968 bits per heavy atom. The van der Waals surface area contributed by atoms with Gasteiger partial charge in [-0.15, -0.1) is 0 Å². The molecule has 7 nitrogen and oxygen atoms in total. The lowest BCUT2D eigenvalue weighted by molar-refractivity contribution is -0.113. The van der Waals surface area contributed by atoms with E-state index in [1.807, 2.05) is 56.3 Å². The van der Waals surface area contributed by atoms with Crippen LogP contribution in [-0.4, -0.2) is 44.1 Å². The minimum Gasteiger partial charge on any atom is -0.491 e. The molecule has 0 aliphatic carbocycles. The topological polar surface area (TPSA) is 92.4 Å². The summed E-state index contributed by atoms with van der Waals surface area (Å²) >= 11 is 1.15. The monoisotopic (exact) mass is 442 g/mol. The van der Waals surface area contributed by atoms with E-state index in [-0.39, 0.29) is 11.1 Å². The number of nitrogens with zero attached hydrogens (tertiary/aromatic N) is 1. The van der Waals surface area contributed by atoms with Crippen LogP contribution < -0.4 is 19.9 Å². The zero-order valence-electron chi connectivity index (χ0n) is 17.6. The van der Waals surface area contributed by atoms with Crippen LogP contribution in [0, 0.1) is 6.92 Å². The molecule has 0 fully saturated rings. The van der Waals surface area contributed by atoms with E-state index >= 15 is 0 Å². The Balaban J connectivity index is 1.44. The van der Waals surface area contributed by atoms with Gasteiger partial charge >= 0.3 is 0 Å². The van der Waals surface area contributed by atoms with Gasteiger partial charge in [0.1, 0.15) is 19.0 Å². The minimum atomic E-state index is -0.329. The van der Waals surface area contributed by atoms with Gasteiger partial charge in [-0.3, -0.25) is 4.79 Å². The maximum atomic E-state index is 11.8. The molecule has 1 aliphatic heterocycles. The molecule has 0 saturated heterocycles. The van der Waals surface area contributed by atoms with Gasteiger partial charge in [0, 0.05) is 0 Å². The summed E-state index contributed by atoms with van der Waals surface area (Å²) in [6, 6.07) is 13.4. The van der Waals surface area contributed by atoms with Gasteiger partial charge in [-0.1, -0.05) is 23.8 Å². The fraction of sp³-hybridized carbons (Fsp3) is 0.304. The van der Waals surface area contributed by atoms with Crippen molar-refractivity contribution >= 4 is 28.9 Å². The zero-order valence-corrected chi connectivity index (χ0v) is 18.4. The second kappa shape index (κ2) is 11.4. The van der Waals surface area contributed by atoms with Crippen molar-refractivity contribution in [3.05, 3.63) is 58.5 Å². The fourth-order valence-corrected chi connectivity index (χ4v) is 3.43. The van der Waals surface area contributed by atoms with Crippen LogP contribution in [0.4, 0.5) is 0 Å². The van der Waals surface area contributed by atoms with Crippen LogP contribution in [0.25, 0.3) is 6.08 Å². The molecule has 0 unspecified atom stereocenters. The largest absolute Gasteiger partial charge is 0.491 e. The van der Waals surface area contributed by atoms with Gasteiger partial charge in [-0.2, -0.15) is 4.99 Å². The van der Waals surface area contributed by atoms with Crippen LogP contribution in [-0.2, 0) is 9.53 Å². The molecule has 31 heavy (non-hydrogen) atoms. The Morgan fingerprint density at radius 3 is 2.39 bits per heavy atom. The molecule has 2 N–H and O–H groups in total. The maximum Gasteiger partial charge on any atom is 0.286 e. The fourth-order valence-electron chi connectivity index (χ4n) is 2.74. The molecule has 0 spiro atoms. The standard InChI is InChI=1S/C23H26N2O5S/c1-3-28-20-14-17(15-21-22(26)25-23(24)31-21)6-9-19(20)30-13-11-27-10-12-29-18-7-4-16(2)5-8-18/h4-9,14-15H,3,10-13H2,1-2H3,(H2,24,25,26). The molecular weight excluding hydrogens is 416 g/mol. The molecule has 0 bridgehead atoms. The average molecular weight is 443 g/mol. The summed E-state index contributed by atoms with van der Waals surface area (Å²) in [5.41, 5.74) is 7.59. The molecule has 0 radical (unpaired) electrons. The SMILES string of the molecule is CCOc1cc(C=C2SC(N)=NC2=O)ccc1OCCOCCOc1ccc(C)cc1. The van der Waals surface area contributed by atoms with Crippen LogP contribution in [0.15, 0.2) is 52.4 Å². The molecule has 0 saturated carbocycles. The van der Waals surface area contributed by atoms with Gasteiger partial charge in [0.05, 0.1) is 24.7 Å². The van der Waals surface area contributed by atoms with Crippen molar-refractivity contribution in [1.29, 1.82) is 0 Å². The highest BCUT2D eigenvalue weighted by atomic mass is 32.2. The lowest BCUT2D eigenvalue weighted by atomic mass is 10.2. The number of aryl methyl sites for hydroxylation is 1. The quantitative estimate of drug-likeness (QED) is 0.418. The smallest absolute Gasteiger partial charge is 0.286 e. The molecule has 164 valence electrons. The first-order valence-electron chi connectivity index (χ1n) is 10.00. The number of rotatable bonds is 11. The summed E-state index contributed by atoms with van der Waals surface area (Å²) in [5, 5.41) is 0.255. The molecular formula is C23H26N2O5S. The van der Waals surface area contributed by atoms with Crippen LogP contribution in [0.3, 0.4) is 0 Å². The highest BCUT2D eigenvalue weighted by Crippen LogP contribution is 2.32. The molecule has 1 amide bonds. The summed E-state index contributed by atoms with van der Waals surface area (Å²) < 4.78 is 22.7. The van der Waals surface area contributed by atoms with Crippen molar-refractivity contribution in [3.8, 4) is 17.2 Å². The first-order valence-corrected chi connectivity index (χ1v) is 10.8. The third kappa shape index (κ3) is 7.04. The van der Waals surface area contributed by atoms with E-state index in [9.17, 15) is 4.79 Å². The Morgan fingerprint density at radius 2 is 1.71 bits per heavy atom. The van der Waals surface area contributed by atoms with Crippen LogP contribution >= 0.6 is 11.8 Å². The third-order valence-corrected chi connectivity index (χ3v) is 5.02. The molecule has 0 aromatic heterocycles. The predicted octanol–water partition coefficient (Wildman–Crippen LogP) is 3.80. The number of amides is 1. The molecule has 2 aromatic carbocycles. The number of carbonyl (C=O) groups excluding carboxylic acids is 1. The third-order valence-electron chi connectivity index (χ3n) is 4.21. The number of carbonyl (C=O) groups is 1. The van der Waals surface area contributed by atoms with Crippen LogP contribution in [0.5, 0.6) is 17.2 Å². The molecule has 0 atom stereocenters. The lowest BCUT2D eigenvalue weighted by Gasteiger charge is -2.13. The van der Waals surface area contributed by atoms with Gasteiger partial charge in [0.2, 0.25) is 0 Å². The Labute approximate surface area is 186 Å². The van der Waals surface area contributed by atoms with Crippen molar-refractivity contribution in [2.45, 2.75) is 13.8 Å². The van der Waals surface area contributed by atoms with Crippen LogP contribution in [0.1, 0.15) is 18.1 Å². The normalized spacial score (nSPS) is 14.6. The lowest BCUT2D eigenvalue weighted by Crippen LogP contribution is -2.12. The number of ether oxygens (including phenoxy) is 4. The van der Waals surface area contributed by atoms with E-state index < -0.39 is 0 Å². The van der Waals surface area contributed by atoms with E-state index in [0.29, 0.717) is 49.4 Å². The molecule has 8 heteroatoms. The van der Waals surface area contributed by atoms with E-state index in [1.165, 1.54) is 5.56 Å². The first-order chi connectivity index (χ1) is 15.0. The zero-order chi connectivity index (χ0) is 22.1. The van der Waals surface area contributed by atoms with Gasteiger partial charge in [-0.25, -0.2) is 0 Å². The van der Waals surface area contributed by atoms with Crippen molar-refractivity contribution in [2.75, 3.05) is 33.0 Å². The Hall–Kier alpha value is -2.97. The number of nitrogens with two attached hydrogens (primary N) is 1. The van der Waals surface area contributed by atoms with Gasteiger partial charge in [0.15, 0.2) is 16.7 Å². The van der Waals surface area contributed by atoms with Gasteiger partial charge in [-0.05, 0) is 61.5 Å². The van der Waals surface area contributed by atoms with E-state index in [1.54, 1.807) is 6.08 Å². The summed E-state index contributed by atoms with van der Waals surface area (Å²) in [6.07, 6.45) is 1.74. The Bertz CT molecular complexity index is 957. The summed E-state index contributed by atoms with van der Waals surface area (Å²) in [7, 11) is 0. The minimum absolute atomic E-state index is 0.255. The van der Waals surface area contributed by atoms with Gasteiger partial charge < -0.3 is 24.7 Å². The van der Waals surface area contributed by atoms with Gasteiger partial charge in [0.25, 0.3) is 5.91 Å². The number of aliphatic imine (C=N–C) groups is 1. The Kier molecular flexibility index (Phi) is 8.37. The van der Waals surface area contributed by atoms with Crippen molar-refractivity contribution < 1.29 is 23.7 Å². The molecule has 3 rings (SSSR count). The second-order valence-corrected chi connectivity index (χ2v) is 7.69. The van der Waals surface area contributed by atoms with E-state index in [0.717, 1.165) is 23.1 Å². The molecule has 1 heterocycles. The summed E-state index contributed by atoms with van der Waals surface area (Å²) in [4.78, 5) is 16.0. The highest BCUT2D eigenvalue weighted by molar-refractivity contribution is 8.18. The van der Waals surface area contributed by atoms with Crippen molar-refractivity contribution in [3.63, 3.8) is 0 Å². The molecule has 2 aromatic rings. The number of benzene rings is 2. The van der Waals surface area contributed by atoms with E-state index in [4.69, 9.17) is 24.7 Å². The van der Waals surface area contributed by atoms with E-state index in [2.05, 4.69) is 4.99 Å². The average Bonchev–Trinajstić information content (AvgIpc) is 3.06. The van der Waals surface area contributed by atoms with Crippen molar-refractivity contribution in [1.82, 2.24) is 0 Å². The number of hydrogen-bond acceptors (Lipinski definition) is 7. The van der Waals surface area contributed by atoms with Crippen LogP contribution in [0.2, 0.25) is 0 Å². The predicted molar refractivity (Wildman–Crippen MR) is 123 cm³/mol. The number of thioether (sulfide) groups is 1. The number of hydrogen-bond donors (Lipinski definition) is 1. The highest BCUT2D eigenvalue weighted by Gasteiger charge is 2.19. The summed E-state index contributed by atoms with van der Waals surface area (Å²) in [6.45, 7) is 6.18. The van der Waals surface area contributed by atoms with Crippen molar-refractivity contribution in [2.24, 2.45) is 10.7 Å². The summed E-state index contributed by atoms with van der Waals surface area (Å²) in [5.74, 6) is 1.71.